The van der Waals surface area contributed by atoms with Crippen LogP contribution >= 0.6 is 0 Å². The molecule has 0 aliphatic heterocycles. The molecule has 0 radical (unpaired) electrons. The van der Waals surface area contributed by atoms with E-state index in [4.69, 9.17) is 5.73 Å². The second kappa shape index (κ2) is 3.27. The molecule has 2 nitrogen and oxygen atoms in total. The van der Waals surface area contributed by atoms with Gasteiger partial charge in [0.2, 0.25) is 0 Å². The van der Waals surface area contributed by atoms with Crippen LogP contribution in [-0.2, 0) is 6.42 Å². The molecule has 2 heteroatoms. The largest absolute Gasteiger partial charge is 0.399 e. The molecule has 80 valence electrons. The first-order valence-electron chi connectivity index (χ1n) is 5.58. The summed E-state index contributed by atoms with van der Waals surface area (Å²) in [5.41, 5.74) is 10.3. The molecule has 0 amide bonds. The fourth-order valence-corrected chi connectivity index (χ4v) is 2.18. The summed E-state index contributed by atoms with van der Waals surface area (Å²) in [6.45, 7) is 2.17. The van der Waals surface area contributed by atoms with E-state index in [0.717, 1.165) is 17.6 Å². The lowest BCUT2D eigenvalue weighted by molar-refractivity contribution is 1.15. The maximum Gasteiger partial charge on any atom is 0.0466 e. The van der Waals surface area contributed by atoms with Crippen LogP contribution in [0.3, 0.4) is 0 Å². The van der Waals surface area contributed by atoms with Gasteiger partial charge in [-0.05, 0) is 42.3 Å². The number of hydrogen-bond acceptors (Lipinski definition) is 1. The maximum atomic E-state index is 5.83. The second-order valence-electron chi connectivity index (χ2n) is 4.16. The molecule has 3 aromatic rings. The number of aromatic nitrogens is 1. The average molecular weight is 210 g/mol. The van der Waals surface area contributed by atoms with Crippen LogP contribution in [0, 0.1) is 0 Å². The Kier molecular flexibility index (Phi) is 1.90. The quantitative estimate of drug-likeness (QED) is 0.593. The zero-order valence-corrected chi connectivity index (χ0v) is 9.25. The number of aromatic amines is 1. The molecule has 0 bridgehead atoms. The number of nitrogens with one attached hydrogen (secondary N) is 1. The Hall–Kier alpha value is -1.96. The standard InChI is InChI=1S/C14H14N2/c1-2-9-3-5-13-11(7-9)12-8-10(15)4-6-14(12)16-13/h3-8,16H,2,15H2,1H3. The van der Waals surface area contributed by atoms with Crippen LogP contribution in [-0.4, -0.2) is 4.98 Å². The third-order valence-electron chi connectivity index (χ3n) is 3.10. The van der Waals surface area contributed by atoms with Gasteiger partial charge < -0.3 is 10.7 Å². The lowest BCUT2D eigenvalue weighted by Crippen LogP contribution is -1.82. The summed E-state index contributed by atoms with van der Waals surface area (Å²) >= 11 is 0. The van der Waals surface area contributed by atoms with Crippen LogP contribution < -0.4 is 5.73 Å². The summed E-state index contributed by atoms with van der Waals surface area (Å²) in [6.07, 6.45) is 1.06. The van der Waals surface area contributed by atoms with Gasteiger partial charge in [0.25, 0.3) is 0 Å². The van der Waals surface area contributed by atoms with Gasteiger partial charge in [-0.25, -0.2) is 0 Å². The van der Waals surface area contributed by atoms with E-state index in [1.54, 1.807) is 0 Å². The van der Waals surface area contributed by atoms with Crippen molar-refractivity contribution in [2.24, 2.45) is 0 Å². The Morgan fingerprint density at radius 2 is 1.69 bits per heavy atom. The van der Waals surface area contributed by atoms with E-state index in [2.05, 4.69) is 30.1 Å². The summed E-state index contributed by atoms with van der Waals surface area (Å²) in [6, 6.07) is 12.6. The normalized spacial score (nSPS) is 11.3. The van der Waals surface area contributed by atoms with Crippen molar-refractivity contribution in [1.82, 2.24) is 4.98 Å². The van der Waals surface area contributed by atoms with Crippen molar-refractivity contribution in [3.05, 3.63) is 42.0 Å². The lowest BCUT2D eigenvalue weighted by atomic mass is 10.1. The maximum absolute atomic E-state index is 5.83. The number of fused-ring (bicyclic) bond motifs is 3. The van der Waals surface area contributed by atoms with Gasteiger partial charge in [-0.1, -0.05) is 13.0 Å². The first-order chi connectivity index (χ1) is 7.78. The Bertz CT molecular complexity index is 665. The highest BCUT2D eigenvalue weighted by molar-refractivity contribution is 6.08. The second-order valence-corrected chi connectivity index (χ2v) is 4.16. The Morgan fingerprint density at radius 3 is 2.44 bits per heavy atom. The molecule has 16 heavy (non-hydrogen) atoms. The fraction of sp³-hybridized carbons (Fsp3) is 0.143. The summed E-state index contributed by atoms with van der Waals surface area (Å²) in [5.74, 6) is 0. The smallest absolute Gasteiger partial charge is 0.0466 e. The first-order valence-corrected chi connectivity index (χ1v) is 5.58. The molecule has 3 N–H and O–H groups in total. The van der Waals surface area contributed by atoms with Crippen molar-refractivity contribution in [1.29, 1.82) is 0 Å². The number of H-pyrrole nitrogens is 1. The highest BCUT2D eigenvalue weighted by atomic mass is 14.7. The van der Waals surface area contributed by atoms with E-state index < -0.39 is 0 Å². The van der Waals surface area contributed by atoms with Crippen molar-refractivity contribution < 1.29 is 0 Å². The predicted octanol–water partition coefficient (Wildman–Crippen LogP) is 3.47. The highest BCUT2D eigenvalue weighted by Crippen LogP contribution is 2.27. The molecule has 0 fully saturated rings. The number of nitrogens with two attached hydrogens (primary N) is 1. The number of anilines is 1. The van der Waals surface area contributed by atoms with Crippen LogP contribution in [0.2, 0.25) is 0 Å². The van der Waals surface area contributed by atoms with Crippen LogP contribution in [0.15, 0.2) is 36.4 Å². The monoisotopic (exact) mass is 210 g/mol. The molecule has 1 heterocycles. The number of aryl methyl sites for hydroxylation is 1. The van der Waals surface area contributed by atoms with Gasteiger partial charge in [-0.3, -0.25) is 0 Å². The molecule has 0 saturated heterocycles. The third-order valence-corrected chi connectivity index (χ3v) is 3.10. The SMILES string of the molecule is CCc1ccc2[nH]c3ccc(N)cc3c2c1. The van der Waals surface area contributed by atoms with Gasteiger partial charge in [-0.15, -0.1) is 0 Å². The molecule has 1 aromatic heterocycles. The number of nitrogen functional groups attached to an aromatic ring is 1. The molecule has 0 aliphatic carbocycles. The molecular weight excluding hydrogens is 196 g/mol. The summed E-state index contributed by atoms with van der Waals surface area (Å²) < 4.78 is 0. The van der Waals surface area contributed by atoms with Crippen LogP contribution in [0.25, 0.3) is 21.8 Å². The van der Waals surface area contributed by atoms with Crippen molar-refractivity contribution in [3.8, 4) is 0 Å². The molecule has 0 atom stereocenters. The van der Waals surface area contributed by atoms with Gasteiger partial charge >= 0.3 is 0 Å². The highest BCUT2D eigenvalue weighted by Gasteiger charge is 2.04. The molecule has 0 saturated carbocycles. The average Bonchev–Trinajstić information content (AvgIpc) is 2.66. The van der Waals surface area contributed by atoms with E-state index in [-0.39, 0.29) is 0 Å². The third kappa shape index (κ3) is 1.27. The lowest BCUT2D eigenvalue weighted by Gasteiger charge is -1.97. The summed E-state index contributed by atoms with van der Waals surface area (Å²) in [5, 5.41) is 2.48. The molecule has 0 unspecified atom stereocenters. The van der Waals surface area contributed by atoms with Gasteiger partial charge in [0, 0.05) is 27.5 Å². The summed E-state index contributed by atoms with van der Waals surface area (Å²) in [4.78, 5) is 3.40. The van der Waals surface area contributed by atoms with Crippen molar-refractivity contribution in [2.75, 3.05) is 5.73 Å². The Balaban J connectivity index is 2.44. The van der Waals surface area contributed by atoms with E-state index >= 15 is 0 Å². The van der Waals surface area contributed by atoms with Crippen molar-refractivity contribution in [3.63, 3.8) is 0 Å². The summed E-state index contributed by atoms with van der Waals surface area (Å²) in [7, 11) is 0. The van der Waals surface area contributed by atoms with Gasteiger partial charge in [0.1, 0.15) is 0 Å². The van der Waals surface area contributed by atoms with Crippen LogP contribution in [0.4, 0.5) is 5.69 Å². The van der Waals surface area contributed by atoms with Crippen LogP contribution in [0.1, 0.15) is 12.5 Å². The van der Waals surface area contributed by atoms with E-state index in [0.29, 0.717) is 0 Å². The van der Waals surface area contributed by atoms with Gasteiger partial charge in [0.15, 0.2) is 0 Å². The van der Waals surface area contributed by atoms with E-state index in [9.17, 15) is 0 Å². The van der Waals surface area contributed by atoms with Gasteiger partial charge in [0.05, 0.1) is 0 Å². The number of rotatable bonds is 1. The Labute approximate surface area is 94.1 Å². The molecule has 0 aliphatic rings. The minimum atomic E-state index is 0.815. The van der Waals surface area contributed by atoms with E-state index in [1.807, 2.05) is 18.2 Å². The number of hydrogen-bond donors (Lipinski definition) is 2. The van der Waals surface area contributed by atoms with E-state index in [1.165, 1.54) is 21.9 Å². The molecule has 2 aromatic carbocycles. The topological polar surface area (TPSA) is 41.8 Å². The first kappa shape index (κ1) is 9.28. The van der Waals surface area contributed by atoms with Crippen molar-refractivity contribution >= 4 is 27.5 Å². The Morgan fingerprint density at radius 1 is 1.00 bits per heavy atom. The molecule has 3 rings (SSSR count). The van der Waals surface area contributed by atoms with Crippen LogP contribution in [0.5, 0.6) is 0 Å². The predicted molar refractivity (Wildman–Crippen MR) is 69.6 cm³/mol. The number of benzene rings is 2. The minimum absolute atomic E-state index is 0.815. The van der Waals surface area contributed by atoms with Gasteiger partial charge in [-0.2, -0.15) is 0 Å². The van der Waals surface area contributed by atoms with Crippen molar-refractivity contribution in [2.45, 2.75) is 13.3 Å². The molecule has 0 spiro atoms. The zero-order valence-electron chi connectivity index (χ0n) is 9.25. The minimum Gasteiger partial charge on any atom is -0.399 e. The fourth-order valence-electron chi connectivity index (χ4n) is 2.18. The zero-order chi connectivity index (χ0) is 11.1. The molecular formula is C14H14N2.